The molecule has 0 unspecified atom stereocenters. The number of morpholine rings is 1. The Labute approximate surface area is 205 Å². The van der Waals surface area contributed by atoms with E-state index in [1.807, 2.05) is 19.3 Å². The first-order valence-electron chi connectivity index (χ1n) is 12.5. The van der Waals surface area contributed by atoms with Crippen molar-refractivity contribution in [3.63, 3.8) is 0 Å². The molecule has 6 rings (SSSR count). The van der Waals surface area contributed by atoms with E-state index in [0.717, 1.165) is 77.5 Å². The van der Waals surface area contributed by atoms with Crippen molar-refractivity contribution in [1.29, 1.82) is 0 Å². The van der Waals surface area contributed by atoms with Crippen LogP contribution in [-0.4, -0.2) is 57.7 Å². The van der Waals surface area contributed by atoms with Crippen LogP contribution in [0, 0.1) is 6.92 Å². The first-order chi connectivity index (χ1) is 16.9. The van der Waals surface area contributed by atoms with Crippen LogP contribution in [0.3, 0.4) is 0 Å². The zero-order chi connectivity index (χ0) is 24.2. The quantitative estimate of drug-likeness (QED) is 0.473. The molecule has 182 valence electrons. The Hall–Kier alpha value is -3.07. The molecule has 0 radical (unpaired) electrons. The molecule has 1 aromatic carbocycles. The molecule has 3 aromatic heterocycles. The summed E-state index contributed by atoms with van der Waals surface area (Å²) >= 11 is 0. The number of piperidine rings is 1. The van der Waals surface area contributed by atoms with E-state index in [4.69, 9.17) is 25.4 Å². The summed E-state index contributed by atoms with van der Waals surface area (Å²) in [7, 11) is 0. The van der Waals surface area contributed by atoms with Crippen LogP contribution in [0.1, 0.15) is 38.2 Å². The first-order valence-corrected chi connectivity index (χ1v) is 12.5. The fraction of sp³-hybridized carbons (Fsp3) is 0.444. The third-order valence-electron chi connectivity index (χ3n) is 7.41. The second kappa shape index (κ2) is 8.55. The highest BCUT2D eigenvalue weighted by atomic mass is 16.5. The summed E-state index contributed by atoms with van der Waals surface area (Å²) in [6.07, 6.45) is 6.03. The molecule has 4 aromatic rings. The van der Waals surface area contributed by atoms with Gasteiger partial charge in [-0.05, 0) is 63.4 Å². The molecule has 0 aliphatic carbocycles. The van der Waals surface area contributed by atoms with Crippen LogP contribution >= 0.6 is 0 Å². The number of imidazole rings is 1. The lowest BCUT2D eigenvalue weighted by molar-refractivity contribution is -0.108. The van der Waals surface area contributed by atoms with Crippen LogP contribution in [0.4, 0.5) is 5.82 Å². The summed E-state index contributed by atoms with van der Waals surface area (Å²) in [4.78, 5) is 16.8. The maximum absolute atomic E-state index is 6.43. The van der Waals surface area contributed by atoms with Gasteiger partial charge in [0.1, 0.15) is 17.2 Å². The van der Waals surface area contributed by atoms with E-state index < -0.39 is 5.60 Å². The van der Waals surface area contributed by atoms with Crippen molar-refractivity contribution in [1.82, 2.24) is 24.7 Å². The van der Waals surface area contributed by atoms with Gasteiger partial charge < -0.3 is 20.7 Å². The number of anilines is 1. The van der Waals surface area contributed by atoms with E-state index in [9.17, 15) is 0 Å². The molecule has 0 saturated carbocycles. The topological polar surface area (TPSA) is 93.6 Å². The summed E-state index contributed by atoms with van der Waals surface area (Å²) in [5.41, 5.74) is 11.6. The maximum Gasteiger partial charge on any atom is 0.147 e. The number of nitrogens with two attached hydrogens (primary N) is 1. The summed E-state index contributed by atoms with van der Waals surface area (Å²) in [5, 5.41) is 3.50. The third kappa shape index (κ3) is 3.95. The van der Waals surface area contributed by atoms with Gasteiger partial charge >= 0.3 is 0 Å². The van der Waals surface area contributed by atoms with Gasteiger partial charge in [-0.15, -0.1) is 0 Å². The first kappa shape index (κ1) is 22.4. The molecule has 5 heterocycles. The van der Waals surface area contributed by atoms with Crippen LogP contribution in [0.25, 0.3) is 27.7 Å². The molecule has 2 fully saturated rings. The van der Waals surface area contributed by atoms with Gasteiger partial charge in [-0.25, -0.2) is 9.97 Å². The van der Waals surface area contributed by atoms with Crippen molar-refractivity contribution in [2.45, 2.75) is 51.4 Å². The molecule has 0 amide bonds. The van der Waals surface area contributed by atoms with E-state index in [1.54, 1.807) is 0 Å². The van der Waals surface area contributed by atoms with Crippen LogP contribution in [-0.2, 0) is 10.3 Å². The number of fused-ring (bicyclic) bond motifs is 3. The summed E-state index contributed by atoms with van der Waals surface area (Å²) in [6, 6.07) is 11.0. The minimum Gasteiger partial charge on any atom is -0.362 e. The Morgan fingerprint density at radius 3 is 2.60 bits per heavy atom. The Bertz CT molecular complexity index is 1370. The van der Waals surface area contributed by atoms with Gasteiger partial charge in [0.25, 0.3) is 0 Å². The zero-order valence-electron chi connectivity index (χ0n) is 20.7. The van der Waals surface area contributed by atoms with Crippen molar-refractivity contribution in [2.24, 2.45) is 5.73 Å². The smallest absolute Gasteiger partial charge is 0.147 e. The molecule has 35 heavy (non-hydrogen) atoms. The van der Waals surface area contributed by atoms with Crippen LogP contribution < -0.4 is 16.0 Å². The number of hydrogen-bond donors (Lipinski definition) is 2. The van der Waals surface area contributed by atoms with Crippen LogP contribution in [0.2, 0.25) is 0 Å². The zero-order valence-corrected chi connectivity index (χ0v) is 20.7. The summed E-state index contributed by atoms with van der Waals surface area (Å²) in [6.45, 7) is 9.74. The van der Waals surface area contributed by atoms with E-state index in [2.05, 4.69) is 58.8 Å². The molecule has 2 saturated heterocycles. The number of nitrogens with one attached hydrogen (secondary N) is 1. The highest BCUT2D eigenvalue weighted by Crippen LogP contribution is 2.33. The molecule has 8 nitrogen and oxygen atoms in total. The molecular formula is C27H33N7O. The van der Waals surface area contributed by atoms with E-state index >= 15 is 0 Å². The Morgan fingerprint density at radius 1 is 1.06 bits per heavy atom. The maximum atomic E-state index is 6.43. The van der Waals surface area contributed by atoms with E-state index in [0.29, 0.717) is 12.6 Å². The highest BCUT2D eigenvalue weighted by molar-refractivity contribution is 5.84. The van der Waals surface area contributed by atoms with Gasteiger partial charge in [-0.2, -0.15) is 0 Å². The molecule has 2 aliphatic heterocycles. The molecular weight excluding hydrogens is 438 g/mol. The second-order valence-corrected chi connectivity index (χ2v) is 10.2. The summed E-state index contributed by atoms with van der Waals surface area (Å²) in [5.74, 6) is 1.92. The lowest BCUT2D eigenvalue weighted by atomic mass is 10.0. The number of aryl methyl sites for hydroxylation is 1. The van der Waals surface area contributed by atoms with Gasteiger partial charge in [0, 0.05) is 44.0 Å². The van der Waals surface area contributed by atoms with Crippen LogP contribution in [0.5, 0.6) is 0 Å². The number of pyridine rings is 1. The van der Waals surface area contributed by atoms with E-state index in [1.165, 1.54) is 0 Å². The third-order valence-corrected chi connectivity index (χ3v) is 7.41. The number of hydrogen-bond acceptors (Lipinski definition) is 7. The van der Waals surface area contributed by atoms with Crippen molar-refractivity contribution in [2.75, 3.05) is 31.1 Å². The second-order valence-electron chi connectivity index (χ2n) is 10.2. The lowest BCUT2D eigenvalue weighted by Gasteiger charge is -2.37. The predicted molar refractivity (Wildman–Crippen MR) is 139 cm³/mol. The van der Waals surface area contributed by atoms with Gasteiger partial charge in [0.05, 0.1) is 34.5 Å². The molecule has 2 atom stereocenters. The lowest BCUT2D eigenvalue weighted by Crippen LogP contribution is -2.50. The Balaban J connectivity index is 1.42. The Morgan fingerprint density at radius 2 is 1.86 bits per heavy atom. The minimum atomic E-state index is -0.528. The van der Waals surface area contributed by atoms with Crippen molar-refractivity contribution >= 4 is 22.4 Å². The monoisotopic (exact) mass is 471 g/mol. The summed E-state index contributed by atoms with van der Waals surface area (Å²) < 4.78 is 8.66. The average molecular weight is 472 g/mol. The fourth-order valence-electron chi connectivity index (χ4n) is 5.46. The number of rotatable bonds is 3. The van der Waals surface area contributed by atoms with Crippen molar-refractivity contribution < 1.29 is 4.74 Å². The number of aromatic nitrogens is 4. The molecule has 0 bridgehead atoms. The Kier molecular flexibility index (Phi) is 5.47. The van der Waals surface area contributed by atoms with Gasteiger partial charge in [-0.3, -0.25) is 9.38 Å². The number of benzene rings is 1. The van der Waals surface area contributed by atoms with Gasteiger partial charge in [-0.1, -0.05) is 6.07 Å². The van der Waals surface area contributed by atoms with Crippen molar-refractivity contribution in [3.8, 4) is 11.1 Å². The SMILES string of the molecule is Cc1nc([C@]2(C)CNC[C@@H](C)O2)n2c1cnc1ccc(-c3ccc(N4CCC(N)CC4)nc3)cc12. The highest BCUT2D eigenvalue weighted by Gasteiger charge is 2.37. The standard InChI is InChI=1S/C27H33N7O/c1-17-13-29-16-27(3,35-17)26-32-18(2)24-15-30-22-6-4-19(12-23(22)34(24)26)20-5-7-25(31-14-20)33-10-8-21(28)9-11-33/h4-7,12,14-15,17,21,29H,8-11,13,16,28H2,1-3H3/t17-,27+/m1/s1. The molecule has 8 heteroatoms. The number of nitrogens with zero attached hydrogens (tertiary/aromatic N) is 5. The normalized spacial score (nSPS) is 23.9. The molecule has 2 aliphatic rings. The largest absolute Gasteiger partial charge is 0.362 e. The predicted octanol–water partition coefficient (Wildman–Crippen LogP) is 3.40. The fourth-order valence-corrected chi connectivity index (χ4v) is 5.46. The minimum absolute atomic E-state index is 0.116. The number of ether oxygens (including phenoxy) is 1. The van der Waals surface area contributed by atoms with Crippen molar-refractivity contribution in [3.05, 3.63) is 54.2 Å². The average Bonchev–Trinajstić information content (AvgIpc) is 3.22. The van der Waals surface area contributed by atoms with Gasteiger partial charge in [0.2, 0.25) is 0 Å². The van der Waals surface area contributed by atoms with Gasteiger partial charge in [0.15, 0.2) is 0 Å². The molecule has 0 spiro atoms. The van der Waals surface area contributed by atoms with E-state index in [-0.39, 0.29) is 6.10 Å². The molecule has 3 N–H and O–H groups in total. The van der Waals surface area contributed by atoms with Crippen LogP contribution in [0.15, 0.2) is 42.7 Å².